The molecule has 0 spiro atoms. The minimum Gasteiger partial charge on any atom is -0.257 e. The van der Waals surface area contributed by atoms with E-state index in [1.165, 1.54) is 0 Å². The first kappa shape index (κ1) is 17.9. The summed E-state index contributed by atoms with van der Waals surface area (Å²) in [7, 11) is -7.30. The molecule has 0 aliphatic heterocycles. The molecule has 0 aliphatic rings. The van der Waals surface area contributed by atoms with Crippen molar-refractivity contribution in [2.45, 2.75) is 22.1 Å². The fraction of sp³-hybridized carbons (Fsp3) is 1.00. The lowest BCUT2D eigenvalue weighted by atomic mass is 10.6. The van der Waals surface area contributed by atoms with Crippen LogP contribution >= 0.6 is 23.2 Å². The average molecular weight is 351 g/mol. The monoisotopic (exact) mass is 350 g/mol. The van der Waals surface area contributed by atoms with Gasteiger partial charge in [-0.25, -0.2) is 0 Å². The second-order valence-electron chi connectivity index (χ2n) is 2.59. The summed E-state index contributed by atoms with van der Waals surface area (Å²) in [6, 6.07) is 0. The zero-order valence-electron chi connectivity index (χ0n) is 7.41. The molecule has 0 heterocycles. The number of halogens is 10. The molecule has 14 heteroatoms. The average Bonchev–Trinajstić information content (AvgIpc) is 1.96. The van der Waals surface area contributed by atoms with Crippen molar-refractivity contribution in [3.8, 4) is 0 Å². The van der Waals surface area contributed by atoms with Crippen molar-refractivity contribution < 1.29 is 47.8 Å². The van der Waals surface area contributed by atoms with E-state index in [4.69, 9.17) is 0 Å². The predicted molar refractivity (Wildman–Crippen MR) is 41.5 cm³/mol. The lowest BCUT2D eigenvalue weighted by Gasteiger charge is -2.29. The van der Waals surface area contributed by atoms with Gasteiger partial charge in [-0.05, 0) is 23.2 Å². The van der Waals surface area contributed by atoms with Crippen molar-refractivity contribution in [3.63, 3.8) is 0 Å². The van der Waals surface area contributed by atoms with Gasteiger partial charge in [0.15, 0.2) is 0 Å². The molecular weight excluding hydrogens is 351 g/mol. The molecule has 0 aromatic heterocycles. The molecule has 3 nitrogen and oxygen atoms in total. The third kappa shape index (κ3) is 3.27. The van der Waals surface area contributed by atoms with Crippen LogP contribution in [0.4, 0.5) is 34.6 Å². The van der Waals surface area contributed by atoms with Gasteiger partial charge in [0.2, 0.25) is 0 Å². The summed E-state index contributed by atoms with van der Waals surface area (Å²) >= 11 is 7.76. The van der Waals surface area contributed by atoms with Crippen molar-refractivity contribution in [3.05, 3.63) is 0 Å². The molecule has 0 saturated carbocycles. The largest absolute Gasteiger partial charge is 0.464 e. The molecule has 0 radical (unpaired) electrons. The molecule has 0 amide bonds. The van der Waals surface area contributed by atoms with E-state index < -0.39 is 32.3 Å². The first-order valence-electron chi connectivity index (χ1n) is 3.30. The summed E-state index contributed by atoms with van der Waals surface area (Å²) in [5, 5.41) is -17.5. The Bertz CT molecular complexity index is 415. The highest BCUT2D eigenvalue weighted by atomic mass is 35.5. The minimum absolute atomic E-state index is 2.10. The van der Waals surface area contributed by atoms with Gasteiger partial charge in [0.1, 0.15) is 0 Å². The smallest absolute Gasteiger partial charge is 0.257 e. The van der Waals surface area contributed by atoms with Crippen molar-refractivity contribution in [2.24, 2.45) is 0 Å². The third-order valence-electron chi connectivity index (χ3n) is 1.23. The third-order valence-corrected chi connectivity index (χ3v) is 2.74. The van der Waals surface area contributed by atoms with Gasteiger partial charge in [-0.1, -0.05) is 3.89 Å². The number of hydrogen-bond acceptors (Lipinski definition) is 3. The van der Waals surface area contributed by atoms with E-state index in [0.717, 1.165) is 0 Å². The van der Waals surface area contributed by atoms with E-state index in [-0.39, 0.29) is 0 Å². The van der Waals surface area contributed by atoms with E-state index in [9.17, 15) is 43.0 Å². The highest BCUT2D eigenvalue weighted by molar-refractivity contribution is 7.87. The molecule has 0 aliphatic carbocycles. The van der Waals surface area contributed by atoms with Crippen LogP contribution in [-0.2, 0) is 15.0 Å². The second kappa shape index (κ2) is 4.49. The van der Waals surface area contributed by atoms with Gasteiger partial charge in [-0.15, -0.1) is 0 Å². The summed E-state index contributed by atoms with van der Waals surface area (Å²) in [6.07, 6.45) is -6.55. The van der Waals surface area contributed by atoms with E-state index in [1.807, 2.05) is 0 Å². The molecule has 110 valence electrons. The molecule has 0 bridgehead atoms. The predicted octanol–water partition coefficient (Wildman–Crippen LogP) is 3.18. The fourth-order valence-electron chi connectivity index (χ4n) is 0.420. The van der Waals surface area contributed by atoms with Crippen LogP contribution in [0.3, 0.4) is 0 Å². The van der Waals surface area contributed by atoms with Gasteiger partial charge in [0, 0.05) is 0 Å². The van der Waals surface area contributed by atoms with Crippen LogP contribution in [0.25, 0.3) is 0 Å². The molecular formula is C4Cl2F8O3S. The van der Waals surface area contributed by atoms with Crippen LogP contribution < -0.4 is 0 Å². The van der Waals surface area contributed by atoms with Gasteiger partial charge in [0.25, 0.3) is 0 Å². The lowest BCUT2D eigenvalue weighted by molar-refractivity contribution is -0.382. The maximum absolute atomic E-state index is 12.5. The van der Waals surface area contributed by atoms with Gasteiger partial charge >= 0.3 is 32.3 Å². The number of ether oxygens (including phenoxy) is 1. The van der Waals surface area contributed by atoms with Gasteiger partial charge in [0.05, 0.1) is 0 Å². The Labute approximate surface area is 104 Å². The quantitative estimate of drug-likeness (QED) is 0.434. The maximum Gasteiger partial charge on any atom is 0.464 e. The first-order chi connectivity index (χ1) is 7.46. The zero-order chi connectivity index (χ0) is 15.2. The molecule has 0 fully saturated rings. The van der Waals surface area contributed by atoms with E-state index in [0.29, 0.717) is 0 Å². The molecule has 0 N–H and O–H groups in total. The fourth-order valence-corrected chi connectivity index (χ4v) is 0.881. The Hall–Kier alpha value is -0.0700. The SMILES string of the molecule is O=S(=O)(F)C(F)(F)C(F)(F)OC(F)(Cl)C(F)(F)Cl. The summed E-state index contributed by atoms with van der Waals surface area (Å²) < 4.78 is 119. The summed E-state index contributed by atoms with van der Waals surface area (Å²) in [5.41, 5.74) is 0. The number of alkyl halides is 9. The van der Waals surface area contributed by atoms with Gasteiger partial charge in [-0.2, -0.15) is 39.2 Å². The van der Waals surface area contributed by atoms with E-state index in [1.54, 1.807) is 0 Å². The molecule has 0 aromatic carbocycles. The zero-order valence-corrected chi connectivity index (χ0v) is 9.74. The Balaban J connectivity index is 5.47. The second-order valence-corrected chi connectivity index (χ2v) is 4.94. The van der Waals surface area contributed by atoms with Crippen molar-refractivity contribution in [1.29, 1.82) is 0 Å². The number of rotatable bonds is 5. The molecule has 0 saturated heterocycles. The summed E-state index contributed by atoms with van der Waals surface area (Å²) in [4.78, 5) is 0. The lowest BCUT2D eigenvalue weighted by Crippen LogP contribution is -2.53. The first-order valence-corrected chi connectivity index (χ1v) is 5.44. The molecule has 1 unspecified atom stereocenters. The minimum atomic E-state index is -7.30. The normalized spacial score (nSPS) is 18.6. The maximum atomic E-state index is 12.5. The molecule has 0 aromatic rings. The van der Waals surface area contributed by atoms with Crippen LogP contribution in [0.5, 0.6) is 0 Å². The van der Waals surface area contributed by atoms with Crippen LogP contribution in [0.15, 0.2) is 0 Å². The van der Waals surface area contributed by atoms with Crippen LogP contribution in [0.1, 0.15) is 0 Å². The topological polar surface area (TPSA) is 43.4 Å². The van der Waals surface area contributed by atoms with Gasteiger partial charge < -0.3 is 0 Å². The highest BCUT2D eigenvalue weighted by Crippen LogP contribution is 2.49. The molecule has 0 rings (SSSR count). The number of hydrogen-bond donors (Lipinski definition) is 0. The van der Waals surface area contributed by atoms with E-state index >= 15 is 0 Å². The van der Waals surface area contributed by atoms with Crippen LogP contribution in [0, 0.1) is 0 Å². The Morgan fingerprint density at radius 3 is 1.44 bits per heavy atom. The molecule has 18 heavy (non-hydrogen) atoms. The Morgan fingerprint density at radius 2 is 1.22 bits per heavy atom. The van der Waals surface area contributed by atoms with Crippen molar-refractivity contribution >= 4 is 33.4 Å². The summed E-state index contributed by atoms with van der Waals surface area (Å²) in [6.45, 7) is 0. The Morgan fingerprint density at radius 1 is 0.889 bits per heavy atom. The van der Waals surface area contributed by atoms with Crippen molar-refractivity contribution in [2.75, 3.05) is 0 Å². The van der Waals surface area contributed by atoms with Crippen LogP contribution in [0.2, 0.25) is 0 Å². The van der Waals surface area contributed by atoms with Crippen LogP contribution in [-0.4, -0.2) is 30.5 Å². The summed E-state index contributed by atoms with van der Waals surface area (Å²) in [5.74, 6) is 0. The van der Waals surface area contributed by atoms with Gasteiger partial charge in [-0.3, -0.25) is 4.74 Å². The molecule has 1 atom stereocenters. The standard InChI is InChI=1S/C4Cl2F8O3S/c5-1(7,8)2(6,9)17-3(10,11)4(12,13)18(14,15)16. The van der Waals surface area contributed by atoms with E-state index in [2.05, 4.69) is 27.9 Å². The van der Waals surface area contributed by atoms with Crippen molar-refractivity contribution in [1.82, 2.24) is 0 Å². The highest BCUT2D eigenvalue weighted by Gasteiger charge is 2.73. The Kier molecular flexibility index (Phi) is 4.47.